The molecule has 0 aliphatic rings. The van der Waals surface area contributed by atoms with Crippen molar-refractivity contribution < 1.29 is 0 Å². The molecule has 0 spiro atoms. The van der Waals surface area contributed by atoms with E-state index in [0.29, 0.717) is 0 Å². The molecule has 1 aromatic carbocycles. The van der Waals surface area contributed by atoms with E-state index in [2.05, 4.69) is 63.9 Å². The van der Waals surface area contributed by atoms with Crippen LogP contribution >= 0.6 is 25.3 Å². The Hall–Kier alpha value is -0.320. The van der Waals surface area contributed by atoms with E-state index in [1.54, 1.807) is 0 Å². The fourth-order valence-corrected chi connectivity index (χ4v) is 2.58. The van der Waals surface area contributed by atoms with Gasteiger partial charge in [-0.25, -0.2) is 0 Å². The van der Waals surface area contributed by atoms with Crippen LogP contribution in [-0.2, 0) is 6.54 Å². The first-order valence-corrected chi connectivity index (χ1v) is 7.47. The highest BCUT2D eigenvalue weighted by atomic mass is 32.1. The second-order valence-corrected chi connectivity index (χ2v) is 8.89. The Morgan fingerprint density at radius 1 is 1.00 bits per heavy atom. The van der Waals surface area contributed by atoms with Gasteiger partial charge in [-0.3, -0.25) is 4.90 Å². The molecule has 1 aromatic rings. The smallest absolute Gasteiger partial charge is 0.0359 e. The van der Waals surface area contributed by atoms with Gasteiger partial charge in [0.1, 0.15) is 0 Å². The van der Waals surface area contributed by atoms with E-state index >= 15 is 0 Å². The van der Waals surface area contributed by atoms with Crippen LogP contribution in [0.5, 0.6) is 0 Å². The lowest BCUT2D eigenvalue weighted by atomic mass is 10.1. The van der Waals surface area contributed by atoms with Crippen molar-refractivity contribution in [3.63, 3.8) is 0 Å². The molecule has 108 valence electrons. The van der Waals surface area contributed by atoms with Crippen molar-refractivity contribution >= 4 is 30.9 Å². The summed E-state index contributed by atoms with van der Waals surface area (Å²) >= 11 is 9.28. The minimum Gasteiger partial charge on any atom is -0.398 e. The molecular formula is C15H26N2S2. The number of hydrogen-bond acceptors (Lipinski definition) is 4. The first-order chi connectivity index (χ1) is 8.57. The fraction of sp³-hybridized carbons (Fsp3) is 0.600. The molecule has 2 nitrogen and oxygen atoms in total. The van der Waals surface area contributed by atoms with Crippen molar-refractivity contribution in [1.82, 2.24) is 4.90 Å². The maximum atomic E-state index is 6.03. The van der Waals surface area contributed by atoms with Crippen molar-refractivity contribution in [2.45, 2.75) is 43.7 Å². The van der Waals surface area contributed by atoms with Gasteiger partial charge in [0.25, 0.3) is 0 Å². The summed E-state index contributed by atoms with van der Waals surface area (Å²) in [5.74, 6) is 0. The molecule has 0 fully saturated rings. The van der Waals surface area contributed by atoms with Gasteiger partial charge in [-0.15, -0.1) is 0 Å². The zero-order valence-electron chi connectivity index (χ0n) is 12.3. The number of anilines is 1. The summed E-state index contributed by atoms with van der Waals surface area (Å²) in [6, 6.07) is 8.03. The maximum absolute atomic E-state index is 6.03. The highest BCUT2D eigenvalue weighted by Crippen LogP contribution is 2.22. The van der Waals surface area contributed by atoms with Crippen LogP contribution in [0.3, 0.4) is 0 Å². The standard InChI is InChI=1S/C15H26N2S2/c1-14(2,18)10-17(11-15(3,4)19)9-12-7-5-6-8-13(12)16/h5-8,18-19H,9-11,16H2,1-4H3. The summed E-state index contributed by atoms with van der Waals surface area (Å²) < 4.78 is -0.0782. The van der Waals surface area contributed by atoms with E-state index in [4.69, 9.17) is 5.73 Å². The Balaban J connectivity index is 2.82. The van der Waals surface area contributed by atoms with Gasteiger partial charge in [0.05, 0.1) is 0 Å². The summed E-state index contributed by atoms with van der Waals surface area (Å²) in [6.45, 7) is 11.1. The van der Waals surface area contributed by atoms with Gasteiger partial charge >= 0.3 is 0 Å². The molecule has 0 aliphatic carbocycles. The van der Waals surface area contributed by atoms with Crippen LogP contribution in [-0.4, -0.2) is 27.5 Å². The molecule has 2 N–H and O–H groups in total. The molecule has 0 amide bonds. The summed E-state index contributed by atoms with van der Waals surface area (Å²) in [4.78, 5) is 2.37. The van der Waals surface area contributed by atoms with E-state index in [9.17, 15) is 0 Å². The zero-order chi connectivity index (χ0) is 14.7. The van der Waals surface area contributed by atoms with Crippen LogP contribution in [0.4, 0.5) is 5.69 Å². The number of nitrogens with zero attached hydrogens (tertiary/aromatic N) is 1. The van der Waals surface area contributed by atoms with Crippen LogP contribution in [0, 0.1) is 0 Å². The van der Waals surface area contributed by atoms with Gasteiger partial charge in [-0.05, 0) is 39.3 Å². The number of rotatable bonds is 6. The molecule has 0 aromatic heterocycles. The van der Waals surface area contributed by atoms with Gasteiger partial charge in [-0.2, -0.15) is 25.3 Å². The van der Waals surface area contributed by atoms with Gasteiger partial charge in [0.2, 0.25) is 0 Å². The summed E-state index contributed by atoms with van der Waals surface area (Å²) in [7, 11) is 0. The van der Waals surface area contributed by atoms with Crippen LogP contribution in [0.1, 0.15) is 33.3 Å². The third kappa shape index (κ3) is 7.14. The van der Waals surface area contributed by atoms with Crippen molar-refractivity contribution in [3.05, 3.63) is 29.8 Å². The average molecular weight is 299 g/mol. The van der Waals surface area contributed by atoms with E-state index in [1.807, 2.05) is 18.2 Å². The molecule has 19 heavy (non-hydrogen) atoms. The quantitative estimate of drug-likeness (QED) is 0.554. The Kier molecular flexibility index (Phi) is 5.65. The third-order valence-electron chi connectivity index (χ3n) is 2.67. The van der Waals surface area contributed by atoms with Gasteiger partial charge in [0, 0.05) is 34.8 Å². The highest BCUT2D eigenvalue weighted by Gasteiger charge is 2.23. The lowest BCUT2D eigenvalue weighted by Crippen LogP contribution is -2.41. The molecule has 0 aliphatic heterocycles. The largest absolute Gasteiger partial charge is 0.398 e. The zero-order valence-corrected chi connectivity index (χ0v) is 14.1. The predicted molar refractivity (Wildman–Crippen MR) is 92.3 cm³/mol. The van der Waals surface area contributed by atoms with Crippen LogP contribution in [0.2, 0.25) is 0 Å². The number of hydrogen-bond donors (Lipinski definition) is 3. The van der Waals surface area contributed by atoms with Gasteiger partial charge in [0.15, 0.2) is 0 Å². The van der Waals surface area contributed by atoms with E-state index in [0.717, 1.165) is 30.9 Å². The summed E-state index contributed by atoms with van der Waals surface area (Å²) in [5, 5.41) is 0. The van der Waals surface area contributed by atoms with Crippen molar-refractivity contribution in [2.75, 3.05) is 18.8 Å². The number of benzene rings is 1. The molecule has 4 heteroatoms. The number of nitrogen functional groups attached to an aromatic ring is 1. The van der Waals surface area contributed by atoms with Crippen molar-refractivity contribution in [2.24, 2.45) is 0 Å². The predicted octanol–water partition coefficient (Wildman–Crippen LogP) is 3.49. The molecule has 1 rings (SSSR count). The molecular weight excluding hydrogens is 272 g/mol. The molecule has 0 radical (unpaired) electrons. The van der Waals surface area contributed by atoms with E-state index in [1.165, 1.54) is 0 Å². The summed E-state index contributed by atoms with van der Waals surface area (Å²) in [6.07, 6.45) is 0. The normalized spacial score (nSPS) is 13.0. The van der Waals surface area contributed by atoms with Gasteiger partial charge in [-0.1, -0.05) is 18.2 Å². The Labute approximate surface area is 128 Å². The molecule has 0 unspecified atom stereocenters. The number of para-hydroxylation sites is 1. The molecule has 0 atom stereocenters. The van der Waals surface area contributed by atoms with Gasteiger partial charge < -0.3 is 5.73 Å². The first-order valence-electron chi connectivity index (χ1n) is 6.57. The first kappa shape index (κ1) is 16.7. The summed E-state index contributed by atoms with van der Waals surface area (Å²) in [5.41, 5.74) is 8.04. The van der Waals surface area contributed by atoms with Crippen molar-refractivity contribution in [3.8, 4) is 0 Å². The minimum atomic E-state index is -0.0391. The highest BCUT2D eigenvalue weighted by molar-refractivity contribution is 7.82. The Morgan fingerprint density at radius 3 is 1.89 bits per heavy atom. The fourth-order valence-electron chi connectivity index (χ4n) is 2.18. The number of thiol groups is 2. The Morgan fingerprint density at radius 2 is 1.47 bits per heavy atom. The second-order valence-electron chi connectivity index (χ2n) is 6.47. The number of nitrogens with two attached hydrogens (primary N) is 1. The molecule has 0 heterocycles. The maximum Gasteiger partial charge on any atom is 0.0359 e. The van der Waals surface area contributed by atoms with E-state index in [-0.39, 0.29) is 9.49 Å². The topological polar surface area (TPSA) is 29.3 Å². The SMILES string of the molecule is CC(C)(S)CN(Cc1ccccc1N)CC(C)(C)S. The van der Waals surface area contributed by atoms with E-state index < -0.39 is 0 Å². The molecule has 0 saturated heterocycles. The monoisotopic (exact) mass is 298 g/mol. The van der Waals surface area contributed by atoms with Crippen molar-refractivity contribution in [1.29, 1.82) is 0 Å². The second kappa shape index (κ2) is 6.42. The third-order valence-corrected chi connectivity index (χ3v) is 2.95. The lowest BCUT2D eigenvalue weighted by Gasteiger charge is -2.34. The molecule has 0 saturated carbocycles. The minimum absolute atomic E-state index is 0.0391. The van der Waals surface area contributed by atoms with Crippen LogP contribution in [0.25, 0.3) is 0 Å². The Bertz CT molecular complexity index is 389. The molecule has 0 bridgehead atoms. The van der Waals surface area contributed by atoms with Crippen LogP contribution in [0.15, 0.2) is 24.3 Å². The van der Waals surface area contributed by atoms with Crippen LogP contribution < -0.4 is 5.73 Å². The lowest BCUT2D eigenvalue weighted by molar-refractivity contribution is 0.233. The average Bonchev–Trinajstić information content (AvgIpc) is 2.16.